The third-order valence-electron chi connectivity index (χ3n) is 4.73. The number of nitrogens with zero attached hydrogens (tertiary/aromatic N) is 4. The fraction of sp³-hybridized carbons (Fsp3) is 0.286. The molecule has 1 unspecified atom stereocenters. The zero-order valence-electron chi connectivity index (χ0n) is 18.1. The second-order valence-corrected chi connectivity index (χ2v) is 8.11. The Hall–Kier alpha value is -3.58. The van der Waals surface area contributed by atoms with E-state index >= 15 is 0 Å². The number of quaternary nitrogens is 1. The van der Waals surface area contributed by atoms with Gasteiger partial charge in [0.1, 0.15) is 36.6 Å². The molecule has 0 saturated heterocycles. The number of rotatable bonds is 8. The molecule has 1 amide bonds. The molecule has 0 bridgehead atoms. The van der Waals surface area contributed by atoms with Gasteiger partial charge in [-0.05, 0) is 36.4 Å². The van der Waals surface area contributed by atoms with Crippen molar-refractivity contribution in [1.29, 1.82) is 0 Å². The summed E-state index contributed by atoms with van der Waals surface area (Å²) in [6, 6.07) is 6.96. The standard InChI is InChI=1S/C21H20F5N5O3/c1-31(2,29-19(32)14-3-6-16(7-4-14)34-21(24,25)26)11-20(33,10-30-13-27-12-28-30)17-8-5-15(22)9-18(17)23/h3-9,12-13,33H,10-11H2,1-2H3/p+1. The van der Waals surface area contributed by atoms with E-state index in [-0.39, 0.29) is 28.8 Å². The number of nitrogens with one attached hydrogen (secondary N) is 1. The second-order valence-electron chi connectivity index (χ2n) is 8.11. The van der Waals surface area contributed by atoms with Gasteiger partial charge >= 0.3 is 6.36 Å². The summed E-state index contributed by atoms with van der Waals surface area (Å²) in [4.78, 5) is 16.5. The van der Waals surface area contributed by atoms with Crippen molar-refractivity contribution in [2.24, 2.45) is 0 Å². The van der Waals surface area contributed by atoms with Crippen molar-refractivity contribution in [2.45, 2.75) is 18.5 Å². The van der Waals surface area contributed by atoms with Gasteiger partial charge in [-0.25, -0.2) is 23.0 Å². The zero-order valence-corrected chi connectivity index (χ0v) is 18.1. The quantitative estimate of drug-likeness (QED) is 0.291. The smallest absolute Gasteiger partial charge is 0.406 e. The maximum atomic E-state index is 14.6. The van der Waals surface area contributed by atoms with E-state index in [9.17, 15) is 31.9 Å². The molecule has 0 fully saturated rings. The van der Waals surface area contributed by atoms with E-state index < -0.39 is 35.3 Å². The van der Waals surface area contributed by atoms with Crippen molar-refractivity contribution < 1.29 is 41.2 Å². The van der Waals surface area contributed by atoms with Gasteiger partial charge in [-0.1, -0.05) is 0 Å². The van der Waals surface area contributed by atoms with Crippen molar-refractivity contribution >= 4 is 5.91 Å². The molecule has 1 heterocycles. The van der Waals surface area contributed by atoms with Crippen molar-refractivity contribution in [3.63, 3.8) is 0 Å². The Morgan fingerprint density at radius 3 is 2.38 bits per heavy atom. The molecule has 13 heteroatoms. The molecule has 0 aliphatic rings. The van der Waals surface area contributed by atoms with Gasteiger partial charge in [0.25, 0.3) is 5.91 Å². The molecular weight excluding hydrogens is 465 g/mol. The van der Waals surface area contributed by atoms with Crippen LogP contribution in [0.25, 0.3) is 0 Å². The Labute approximate surface area is 190 Å². The lowest BCUT2D eigenvalue weighted by Gasteiger charge is -2.37. The van der Waals surface area contributed by atoms with Crippen LogP contribution in [0.2, 0.25) is 0 Å². The summed E-state index contributed by atoms with van der Waals surface area (Å²) < 4.78 is 69.7. The number of carbonyl (C=O) groups excluding carboxylic acids is 1. The molecule has 182 valence electrons. The van der Waals surface area contributed by atoms with Gasteiger partial charge in [0, 0.05) is 17.2 Å². The van der Waals surface area contributed by atoms with Gasteiger partial charge in [0.05, 0.1) is 20.6 Å². The lowest BCUT2D eigenvalue weighted by atomic mass is 9.92. The van der Waals surface area contributed by atoms with Gasteiger partial charge in [0.15, 0.2) is 5.60 Å². The lowest BCUT2D eigenvalue weighted by molar-refractivity contribution is -0.931. The summed E-state index contributed by atoms with van der Waals surface area (Å²) >= 11 is 0. The largest absolute Gasteiger partial charge is 0.573 e. The number of carbonyl (C=O) groups is 1. The monoisotopic (exact) mass is 486 g/mol. The zero-order chi connectivity index (χ0) is 25.1. The van der Waals surface area contributed by atoms with E-state index in [1.165, 1.54) is 31.4 Å². The molecule has 3 aromatic rings. The molecule has 0 aliphatic carbocycles. The molecule has 2 N–H and O–H groups in total. The molecule has 8 nitrogen and oxygen atoms in total. The molecule has 0 radical (unpaired) electrons. The first-order valence-corrected chi connectivity index (χ1v) is 9.78. The molecule has 2 aromatic carbocycles. The highest BCUT2D eigenvalue weighted by Crippen LogP contribution is 2.29. The van der Waals surface area contributed by atoms with Gasteiger partial charge in [0.2, 0.25) is 0 Å². The van der Waals surface area contributed by atoms with Crippen LogP contribution in [0, 0.1) is 11.6 Å². The molecule has 0 saturated carbocycles. The highest BCUT2D eigenvalue weighted by molar-refractivity contribution is 5.93. The molecule has 34 heavy (non-hydrogen) atoms. The van der Waals surface area contributed by atoms with Crippen LogP contribution in [0.4, 0.5) is 22.0 Å². The van der Waals surface area contributed by atoms with Crippen molar-refractivity contribution in [3.05, 3.63) is 77.9 Å². The number of ether oxygens (including phenoxy) is 1. The van der Waals surface area contributed by atoms with Crippen LogP contribution in [0.5, 0.6) is 5.75 Å². The number of hydrogen-bond donors (Lipinski definition) is 2. The maximum absolute atomic E-state index is 14.6. The van der Waals surface area contributed by atoms with Crippen LogP contribution in [-0.2, 0) is 12.1 Å². The summed E-state index contributed by atoms with van der Waals surface area (Å²) in [6.07, 6.45) is -2.35. The van der Waals surface area contributed by atoms with E-state index in [1.807, 2.05) is 0 Å². The Bertz CT molecular complexity index is 1140. The van der Waals surface area contributed by atoms with E-state index in [1.54, 1.807) is 0 Å². The van der Waals surface area contributed by atoms with Crippen LogP contribution in [-0.4, -0.2) is 57.4 Å². The average molecular weight is 486 g/mol. The average Bonchev–Trinajstić information content (AvgIpc) is 3.18. The first-order chi connectivity index (χ1) is 15.8. The van der Waals surface area contributed by atoms with Crippen LogP contribution in [0.3, 0.4) is 0 Å². The number of benzene rings is 2. The van der Waals surface area contributed by atoms with E-state index in [4.69, 9.17) is 0 Å². The highest BCUT2D eigenvalue weighted by Gasteiger charge is 2.41. The Kier molecular flexibility index (Phi) is 6.89. The number of hydrogen-bond acceptors (Lipinski definition) is 5. The number of aliphatic hydroxyl groups is 1. The Morgan fingerprint density at radius 1 is 1.15 bits per heavy atom. The summed E-state index contributed by atoms with van der Waals surface area (Å²) in [6.45, 7) is -0.562. The van der Waals surface area contributed by atoms with E-state index in [2.05, 4.69) is 20.2 Å². The molecule has 1 aromatic heterocycles. The lowest BCUT2D eigenvalue weighted by Crippen LogP contribution is -2.60. The molecular formula is C21H21F5N5O3+. The number of aromatic nitrogens is 3. The topological polar surface area (TPSA) is 89.3 Å². The molecule has 0 aliphatic heterocycles. The first-order valence-electron chi connectivity index (χ1n) is 9.78. The molecule has 1 atom stereocenters. The van der Waals surface area contributed by atoms with Crippen LogP contribution in [0.15, 0.2) is 55.1 Å². The summed E-state index contributed by atoms with van der Waals surface area (Å²) in [5.74, 6) is -2.99. The SMILES string of the molecule is C[N+](C)(CC(O)(Cn1cncn1)c1ccc(F)cc1F)NC(=O)c1ccc(OC(F)(F)F)cc1. The van der Waals surface area contributed by atoms with Crippen LogP contribution >= 0.6 is 0 Å². The van der Waals surface area contributed by atoms with Crippen LogP contribution in [0.1, 0.15) is 15.9 Å². The predicted molar refractivity (Wildman–Crippen MR) is 108 cm³/mol. The summed E-state index contributed by atoms with van der Waals surface area (Å²) in [5, 5.41) is 15.4. The minimum atomic E-state index is -4.87. The normalized spacial score (nSPS) is 13.9. The molecule has 0 spiro atoms. The number of alkyl halides is 3. The first kappa shape index (κ1) is 25.1. The van der Waals surface area contributed by atoms with Gasteiger partial charge in [-0.2, -0.15) is 10.5 Å². The van der Waals surface area contributed by atoms with E-state index in [0.717, 1.165) is 36.4 Å². The van der Waals surface area contributed by atoms with Gasteiger partial charge in [-0.15, -0.1) is 13.2 Å². The number of likely N-dealkylation sites (N-methyl/N-ethyl adjacent to an activating group) is 1. The summed E-state index contributed by atoms with van der Waals surface area (Å²) in [5.41, 5.74) is 0.442. The summed E-state index contributed by atoms with van der Waals surface area (Å²) in [7, 11) is 3.01. The predicted octanol–water partition coefficient (Wildman–Crippen LogP) is 2.76. The highest BCUT2D eigenvalue weighted by atomic mass is 19.4. The number of halogens is 5. The fourth-order valence-corrected chi connectivity index (χ4v) is 3.51. The Morgan fingerprint density at radius 2 is 1.82 bits per heavy atom. The number of amides is 1. The minimum Gasteiger partial charge on any atom is -0.406 e. The third kappa shape index (κ3) is 6.48. The van der Waals surface area contributed by atoms with Gasteiger partial charge in [-0.3, -0.25) is 4.79 Å². The van der Waals surface area contributed by atoms with Crippen molar-refractivity contribution in [2.75, 3.05) is 20.6 Å². The molecule has 3 rings (SSSR count). The van der Waals surface area contributed by atoms with Gasteiger partial charge < -0.3 is 9.84 Å². The second kappa shape index (κ2) is 9.35. The van der Waals surface area contributed by atoms with Crippen LogP contribution < -0.4 is 10.2 Å². The van der Waals surface area contributed by atoms with E-state index in [0.29, 0.717) is 6.07 Å². The minimum absolute atomic E-state index is 0.0218. The maximum Gasteiger partial charge on any atom is 0.573 e. The van der Waals surface area contributed by atoms with Crippen molar-refractivity contribution in [1.82, 2.24) is 20.2 Å². The third-order valence-corrected chi connectivity index (χ3v) is 4.73. The van der Waals surface area contributed by atoms with Crippen molar-refractivity contribution in [3.8, 4) is 5.75 Å². The Balaban J connectivity index is 1.81. The fourth-order valence-electron chi connectivity index (χ4n) is 3.51.